The Kier molecular flexibility index (Phi) is 4.93. The maximum atomic E-state index is 12.9. The second-order valence-corrected chi connectivity index (χ2v) is 7.52. The fraction of sp³-hybridized carbons (Fsp3) is 0.333. The van der Waals surface area contributed by atoms with Crippen molar-refractivity contribution in [2.75, 3.05) is 6.54 Å². The Morgan fingerprint density at radius 3 is 2.63 bits per heavy atom. The van der Waals surface area contributed by atoms with Gasteiger partial charge in [-0.2, -0.15) is 13.2 Å². The van der Waals surface area contributed by atoms with Crippen molar-refractivity contribution in [2.45, 2.75) is 32.2 Å². The number of ether oxygens (including phenoxy) is 1. The largest absolute Gasteiger partial charge is 0.457 e. The molecule has 3 atom stereocenters. The third-order valence-electron chi connectivity index (χ3n) is 5.33. The van der Waals surface area contributed by atoms with E-state index in [0.29, 0.717) is 17.1 Å². The number of aryl methyl sites for hydroxylation is 2. The van der Waals surface area contributed by atoms with Crippen molar-refractivity contribution in [1.82, 2.24) is 16.0 Å². The molecular weight excluding hydrogens is 399 g/mol. The molecule has 3 N–H and O–H groups in total. The lowest BCUT2D eigenvalue weighted by molar-refractivity contribution is -0.175. The predicted octanol–water partition coefficient (Wildman–Crippen LogP) is 2.84. The van der Waals surface area contributed by atoms with E-state index < -0.39 is 42.7 Å². The van der Waals surface area contributed by atoms with Gasteiger partial charge in [0.2, 0.25) is 11.8 Å². The van der Waals surface area contributed by atoms with Crippen molar-refractivity contribution in [3.05, 3.63) is 58.7 Å². The van der Waals surface area contributed by atoms with E-state index in [4.69, 9.17) is 4.74 Å². The van der Waals surface area contributed by atoms with E-state index >= 15 is 0 Å². The third kappa shape index (κ3) is 3.60. The SMILES string of the molecule is Cc1ccc2c(c1)Oc1cccc(C)c1C2NC(=O)C1CNC(C(F)(F)F)NC1=O. The van der Waals surface area contributed by atoms with Crippen LogP contribution in [0.5, 0.6) is 11.5 Å². The van der Waals surface area contributed by atoms with Gasteiger partial charge in [0.05, 0.1) is 6.04 Å². The summed E-state index contributed by atoms with van der Waals surface area (Å²) in [5, 5.41) is 6.84. The number of halogens is 3. The standard InChI is InChI=1S/C21H20F3N3O3/c1-10-6-7-12-15(8-10)30-14-5-3-4-11(2)16(14)17(12)26-18(28)13-9-25-20(21(22,23)24)27-19(13)29/h3-8,13,17,20,25H,9H2,1-2H3,(H,26,28)(H,27,29). The van der Waals surface area contributed by atoms with Gasteiger partial charge in [0.15, 0.2) is 6.17 Å². The van der Waals surface area contributed by atoms with Crippen LogP contribution >= 0.6 is 0 Å². The molecule has 2 aliphatic rings. The Morgan fingerprint density at radius 1 is 1.17 bits per heavy atom. The van der Waals surface area contributed by atoms with Gasteiger partial charge in [0.25, 0.3) is 0 Å². The highest BCUT2D eigenvalue weighted by Gasteiger charge is 2.46. The second-order valence-electron chi connectivity index (χ2n) is 7.52. The minimum Gasteiger partial charge on any atom is -0.457 e. The van der Waals surface area contributed by atoms with Crippen molar-refractivity contribution < 1.29 is 27.5 Å². The summed E-state index contributed by atoms with van der Waals surface area (Å²) >= 11 is 0. The van der Waals surface area contributed by atoms with Crippen LogP contribution in [0, 0.1) is 19.8 Å². The number of hydrogen-bond donors (Lipinski definition) is 3. The van der Waals surface area contributed by atoms with E-state index in [-0.39, 0.29) is 0 Å². The van der Waals surface area contributed by atoms with Crippen LogP contribution in [0.15, 0.2) is 36.4 Å². The first-order chi connectivity index (χ1) is 14.1. The van der Waals surface area contributed by atoms with Crippen molar-refractivity contribution in [2.24, 2.45) is 5.92 Å². The molecular formula is C21H20F3N3O3. The normalized spacial score (nSPS) is 23.0. The predicted molar refractivity (Wildman–Crippen MR) is 102 cm³/mol. The number of rotatable bonds is 2. The zero-order chi connectivity index (χ0) is 21.6. The van der Waals surface area contributed by atoms with Crippen LogP contribution in [0.1, 0.15) is 28.3 Å². The molecule has 6 nitrogen and oxygen atoms in total. The minimum absolute atomic E-state index is 0.410. The van der Waals surface area contributed by atoms with Crippen LogP contribution in [0.4, 0.5) is 13.2 Å². The first-order valence-corrected chi connectivity index (χ1v) is 9.44. The maximum absolute atomic E-state index is 12.9. The molecule has 2 aliphatic heterocycles. The van der Waals surface area contributed by atoms with Gasteiger partial charge >= 0.3 is 6.18 Å². The molecule has 2 aromatic rings. The Labute approximate surface area is 170 Å². The summed E-state index contributed by atoms with van der Waals surface area (Å²) in [4.78, 5) is 25.1. The van der Waals surface area contributed by atoms with E-state index in [1.165, 1.54) is 0 Å². The topological polar surface area (TPSA) is 79.5 Å². The molecule has 1 fully saturated rings. The molecule has 2 amide bonds. The van der Waals surface area contributed by atoms with E-state index in [9.17, 15) is 22.8 Å². The Bertz CT molecular complexity index is 1020. The highest BCUT2D eigenvalue weighted by molar-refractivity contribution is 6.01. The average molecular weight is 419 g/mol. The summed E-state index contributed by atoms with van der Waals surface area (Å²) in [5.74, 6) is -1.74. The quantitative estimate of drug-likeness (QED) is 0.654. The summed E-state index contributed by atoms with van der Waals surface area (Å²) in [6.07, 6.45) is -6.80. The lowest BCUT2D eigenvalue weighted by Gasteiger charge is -2.34. The van der Waals surface area contributed by atoms with Gasteiger partial charge in [-0.25, -0.2) is 0 Å². The fourth-order valence-electron chi connectivity index (χ4n) is 3.78. The average Bonchev–Trinajstić information content (AvgIpc) is 2.66. The molecule has 0 radical (unpaired) electrons. The minimum atomic E-state index is -4.63. The molecule has 0 saturated carbocycles. The highest BCUT2D eigenvalue weighted by atomic mass is 19.4. The molecule has 3 unspecified atom stereocenters. The lowest BCUT2D eigenvalue weighted by Crippen LogP contribution is -2.64. The summed E-state index contributed by atoms with van der Waals surface area (Å²) in [5.41, 5.74) is 3.32. The number of carbonyl (C=O) groups excluding carboxylic acids is 2. The molecule has 158 valence electrons. The second kappa shape index (κ2) is 7.32. The van der Waals surface area contributed by atoms with Crippen molar-refractivity contribution in [1.29, 1.82) is 0 Å². The van der Waals surface area contributed by atoms with Crippen LogP contribution in [0.25, 0.3) is 0 Å². The maximum Gasteiger partial charge on any atom is 0.422 e. The molecule has 2 heterocycles. The highest BCUT2D eigenvalue weighted by Crippen LogP contribution is 2.44. The zero-order valence-electron chi connectivity index (χ0n) is 16.3. The summed E-state index contributed by atoms with van der Waals surface area (Å²) in [6, 6.07) is 10.5. The van der Waals surface area contributed by atoms with E-state index in [1.54, 1.807) is 6.07 Å². The van der Waals surface area contributed by atoms with Crippen molar-refractivity contribution in [3.63, 3.8) is 0 Å². The van der Waals surface area contributed by atoms with Gasteiger partial charge in [0, 0.05) is 17.7 Å². The molecule has 0 spiro atoms. The number of benzene rings is 2. The first-order valence-electron chi connectivity index (χ1n) is 9.44. The molecule has 30 heavy (non-hydrogen) atoms. The number of fused-ring (bicyclic) bond motifs is 2. The van der Waals surface area contributed by atoms with Crippen LogP contribution in [-0.4, -0.2) is 30.7 Å². The van der Waals surface area contributed by atoms with Gasteiger partial charge in [-0.1, -0.05) is 24.3 Å². The first kappa shape index (κ1) is 20.2. The molecule has 1 saturated heterocycles. The van der Waals surface area contributed by atoms with E-state index in [2.05, 4.69) is 10.6 Å². The van der Waals surface area contributed by atoms with Gasteiger partial charge in [-0.15, -0.1) is 0 Å². The molecule has 0 bridgehead atoms. The fourth-order valence-corrected chi connectivity index (χ4v) is 3.78. The molecule has 2 aromatic carbocycles. The van der Waals surface area contributed by atoms with Crippen molar-refractivity contribution in [3.8, 4) is 11.5 Å². The summed E-state index contributed by atoms with van der Waals surface area (Å²) in [7, 11) is 0. The van der Waals surface area contributed by atoms with E-state index in [0.717, 1.165) is 16.7 Å². The summed E-state index contributed by atoms with van der Waals surface area (Å²) < 4.78 is 44.5. The van der Waals surface area contributed by atoms with Crippen LogP contribution in [0.3, 0.4) is 0 Å². The Hall–Kier alpha value is -3.07. The van der Waals surface area contributed by atoms with Gasteiger partial charge in [-0.05, 0) is 37.1 Å². The number of amides is 2. The lowest BCUT2D eigenvalue weighted by atomic mass is 9.90. The third-order valence-corrected chi connectivity index (χ3v) is 5.33. The van der Waals surface area contributed by atoms with Gasteiger partial charge < -0.3 is 15.4 Å². The van der Waals surface area contributed by atoms with Crippen LogP contribution in [-0.2, 0) is 9.59 Å². The molecule has 4 rings (SSSR count). The van der Waals surface area contributed by atoms with Gasteiger partial charge in [0.1, 0.15) is 17.4 Å². The van der Waals surface area contributed by atoms with Crippen LogP contribution < -0.4 is 20.7 Å². The Balaban J connectivity index is 1.62. The number of alkyl halides is 3. The molecule has 0 aromatic heterocycles. The number of carbonyl (C=O) groups is 2. The molecule has 0 aliphatic carbocycles. The van der Waals surface area contributed by atoms with Crippen LogP contribution in [0.2, 0.25) is 0 Å². The van der Waals surface area contributed by atoms with E-state index in [1.807, 2.05) is 49.5 Å². The number of hydrogen-bond acceptors (Lipinski definition) is 4. The number of nitrogens with one attached hydrogen (secondary N) is 3. The van der Waals surface area contributed by atoms with Gasteiger partial charge in [-0.3, -0.25) is 14.9 Å². The zero-order valence-corrected chi connectivity index (χ0v) is 16.3. The van der Waals surface area contributed by atoms with Crippen molar-refractivity contribution >= 4 is 11.8 Å². The monoisotopic (exact) mass is 419 g/mol. The summed E-state index contributed by atoms with van der Waals surface area (Å²) in [6.45, 7) is 3.38. The molecule has 9 heteroatoms. The smallest absolute Gasteiger partial charge is 0.422 e. The Morgan fingerprint density at radius 2 is 1.93 bits per heavy atom.